The summed E-state index contributed by atoms with van der Waals surface area (Å²) in [5, 5.41) is 0. The minimum Gasteiger partial charge on any atom is -0.0648 e. The van der Waals surface area contributed by atoms with Crippen LogP contribution >= 0.6 is 0 Å². The molecular weight excluding hydrogens is 144 g/mol. The van der Waals surface area contributed by atoms with Gasteiger partial charge in [-0.25, -0.2) is 0 Å². The Hall–Kier alpha value is 0. The van der Waals surface area contributed by atoms with Gasteiger partial charge in [-0.2, -0.15) is 0 Å². The fourth-order valence-electron chi connectivity index (χ4n) is 4.80. The molecule has 0 saturated heterocycles. The molecular formula is C12H20. The molecule has 0 aromatic rings. The number of hydrogen-bond acceptors (Lipinski definition) is 0. The minimum absolute atomic E-state index is 0.853. The van der Waals surface area contributed by atoms with E-state index < -0.39 is 0 Å². The number of rotatable bonds is 1. The summed E-state index contributed by atoms with van der Waals surface area (Å²) in [6, 6.07) is 0. The maximum absolute atomic E-state index is 2.43. The van der Waals surface area contributed by atoms with E-state index in [1.54, 1.807) is 38.5 Å². The maximum Gasteiger partial charge on any atom is -0.0266 e. The van der Waals surface area contributed by atoms with Gasteiger partial charge in [0, 0.05) is 0 Å². The van der Waals surface area contributed by atoms with Crippen molar-refractivity contribution in [1.29, 1.82) is 0 Å². The van der Waals surface area contributed by atoms with Gasteiger partial charge >= 0.3 is 0 Å². The van der Waals surface area contributed by atoms with E-state index in [4.69, 9.17) is 0 Å². The lowest BCUT2D eigenvalue weighted by atomic mass is 9.70. The van der Waals surface area contributed by atoms with E-state index in [2.05, 4.69) is 6.92 Å². The lowest BCUT2D eigenvalue weighted by molar-refractivity contribution is 0.147. The second-order valence-electron chi connectivity index (χ2n) is 5.42. The molecule has 0 N–H and O–H groups in total. The van der Waals surface area contributed by atoms with Crippen LogP contribution in [-0.2, 0) is 0 Å². The highest BCUT2D eigenvalue weighted by molar-refractivity contribution is 5.07. The molecule has 0 amide bonds. The molecule has 68 valence electrons. The average molecular weight is 164 g/mol. The molecule has 0 heteroatoms. The van der Waals surface area contributed by atoms with Gasteiger partial charge in [-0.3, -0.25) is 0 Å². The molecule has 4 atom stereocenters. The molecule has 3 fully saturated rings. The highest BCUT2D eigenvalue weighted by Crippen LogP contribution is 2.66. The van der Waals surface area contributed by atoms with Crippen molar-refractivity contribution < 1.29 is 0 Å². The molecule has 0 radical (unpaired) electrons. The molecule has 0 aliphatic heterocycles. The van der Waals surface area contributed by atoms with Gasteiger partial charge in [-0.15, -0.1) is 0 Å². The zero-order chi connectivity index (χ0) is 8.18. The normalized spacial score (nSPS) is 56.2. The molecule has 0 aromatic carbocycles. The Bertz CT molecular complexity index is 196. The van der Waals surface area contributed by atoms with Crippen molar-refractivity contribution in [3.63, 3.8) is 0 Å². The third kappa shape index (κ3) is 0.701. The lowest BCUT2D eigenvalue weighted by Crippen LogP contribution is -2.26. The molecule has 12 heavy (non-hydrogen) atoms. The van der Waals surface area contributed by atoms with Crippen molar-refractivity contribution in [1.82, 2.24) is 0 Å². The third-order valence-electron chi connectivity index (χ3n) is 5.35. The molecule has 0 spiro atoms. The molecule has 3 aliphatic carbocycles. The fraction of sp³-hybridized carbons (Fsp3) is 1.00. The second-order valence-corrected chi connectivity index (χ2v) is 5.42. The smallest absolute Gasteiger partial charge is 0.0266 e. The summed E-state index contributed by atoms with van der Waals surface area (Å²) in [4.78, 5) is 0. The Morgan fingerprint density at radius 2 is 2.17 bits per heavy atom. The first-order chi connectivity index (χ1) is 5.86. The predicted octanol–water partition coefficient (Wildman–Crippen LogP) is 3.61. The van der Waals surface area contributed by atoms with Crippen molar-refractivity contribution >= 4 is 0 Å². The molecule has 2 bridgehead atoms. The van der Waals surface area contributed by atoms with Crippen LogP contribution < -0.4 is 0 Å². The Kier molecular flexibility index (Phi) is 1.40. The topological polar surface area (TPSA) is 0 Å². The molecule has 0 aromatic heterocycles. The molecule has 0 nitrogen and oxygen atoms in total. The maximum atomic E-state index is 2.43. The van der Waals surface area contributed by atoms with Crippen molar-refractivity contribution in [3.05, 3.63) is 0 Å². The Balaban J connectivity index is 1.95. The highest BCUT2D eigenvalue weighted by atomic mass is 14.6. The van der Waals surface area contributed by atoms with Crippen LogP contribution in [0.1, 0.15) is 51.9 Å². The van der Waals surface area contributed by atoms with Gasteiger partial charge in [0.05, 0.1) is 0 Å². The summed E-state index contributed by atoms with van der Waals surface area (Å²) in [6.45, 7) is 2.43. The Morgan fingerprint density at radius 3 is 3.00 bits per heavy atom. The Morgan fingerprint density at radius 1 is 1.25 bits per heavy atom. The van der Waals surface area contributed by atoms with Gasteiger partial charge < -0.3 is 0 Å². The summed E-state index contributed by atoms with van der Waals surface area (Å²) in [6.07, 6.45) is 11.0. The first-order valence-corrected chi connectivity index (χ1v) is 5.86. The van der Waals surface area contributed by atoms with E-state index in [-0.39, 0.29) is 0 Å². The van der Waals surface area contributed by atoms with E-state index in [0.29, 0.717) is 0 Å². The van der Waals surface area contributed by atoms with Crippen molar-refractivity contribution in [2.45, 2.75) is 51.9 Å². The summed E-state index contributed by atoms with van der Waals surface area (Å²) >= 11 is 0. The number of hydrogen-bond donors (Lipinski definition) is 0. The van der Waals surface area contributed by atoms with Crippen LogP contribution in [0.4, 0.5) is 0 Å². The number of fused-ring (bicyclic) bond motifs is 5. The van der Waals surface area contributed by atoms with E-state index in [9.17, 15) is 0 Å². The van der Waals surface area contributed by atoms with Crippen molar-refractivity contribution in [2.24, 2.45) is 23.2 Å². The second kappa shape index (κ2) is 2.27. The quantitative estimate of drug-likeness (QED) is 0.555. The first-order valence-electron chi connectivity index (χ1n) is 5.86. The van der Waals surface area contributed by atoms with Crippen LogP contribution in [0.15, 0.2) is 0 Å². The SMILES string of the molecule is CCC12CCC(C1)C1CCCC12. The lowest BCUT2D eigenvalue weighted by Gasteiger charge is -2.35. The molecule has 0 heterocycles. The van der Waals surface area contributed by atoms with Gasteiger partial charge in [-0.1, -0.05) is 19.8 Å². The zero-order valence-electron chi connectivity index (χ0n) is 8.18. The van der Waals surface area contributed by atoms with Crippen LogP contribution in [-0.4, -0.2) is 0 Å². The van der Waals surface area contributed by atoms with E-state index >= 15 is 0 Å². The molecule has 3 saturated carbocycles. The minimum atomic E-state index is 0.853. The summed E-state index contributed by atoms with van der Waals surface area (Å²) in [7, 11) is 0. The van der Waals surface area contributed by atoms with E-state index in [1.807, 2.05) is 0 Å². The summed E-state index contributed by atoms with van der Waals surface area (Å²) < 4.78 is 0. The zero-order valence-corrected chi connectivity index (χ0v) is 8.18. The predicted molar refractivity (Wildman–Crippen MR) is 50.9 cm³/mol. The van der Waals surface area contributed by atoms with Gasteiger partial charge in [-0.05, 0) is 55.3 Å². The fourth-order valence-corrected chi connectivity index (χ4v) is 4.80. The van der Waals surface area contributed by atoms with Crippen LogP contribution in [0.3, 0.4) is 0 Å². The van der Waals surface area contributed by atoms with Gasteiger partial charge in [0.1, 0.15) is 0 Å². The van der Waals surface area contributed by atoms with Crippen molar-refractivity contribution in [2.75, 3.05) is 0 Å². The van der Waals surface area contributed by atoms with Crippen LogP contribution in [0.25, 0.3) is 0 Å². The monoisotopic (exact) mass is 164 g/mol. The molecule has 3 rings (SSSR count). The van der Waals surface area contributed by atoms with Gasteiger partial charge in [0.25, 0.3) is 0 Å². The van der Waals surface area contributed by atoms with E-state index in [0.717, 1.165) is 11.3 Å². The summed E-state index contributed by atoms with van der Waals surface area (Å²) in [5.41, 5.74) is 0.853. The van der Waals surface area contributed by atoms with Gasteiger partial charge in [0.15, 0.2) is 0 Å². The third-order valence-corrected chi connectivity index (χ3v) is 5.35. The molecule has 4 unspecified atom stereocenters. The standard InChI is InChI=1S/C12H20/c1-2-12-7-6-9(8-12)10-4-3-5-11(10)12/h9-11H,2-8H2,1H3. The summed E-state index contributed by atoms with van der Waals surface area (Å²) in [5.74, 6) is 3.51. The highest BCUT2D eigenvalue weighted by Gasteiger charge is 2.57. The average Bonchev–Trinajstić information content (AvgIpc) is 2.76. The largest absolute Gasteiger partial charge is 0.0648 e. The molecule has 3 aliphatic rings. The van der Waals surface area contributed by atoms with Crippen molar-refractivity contribution in [3.8, 4) is 0 Å². The van der Waals surface area contributed by atoms with Crippen LogP contribution in [0.5, 0.6) is 0 Å². The Labute approximate surface area is 75.7 Å². The van der Waals surface area contributed by atoms with Gasteiger partial charge in [0.2, 0.25) is 0 Å². The first kappa shape index (κ1) is 7.41. The van der Waals surface area contributed by atoms with Crippen LogP contribution in [0, 0.1) is 23.2 Å². The van der Waals surface area contributed by atoms with E-state index in [1.165, 1.54) is 18.3 Å². The van der Waals surface area contributed by atoms with Crippen LogP contribution in [0.2, 0.25) is 0 Å².